The van der Waals surface area contributed by atoms with Crippen molar-refractivity contribution >= 4 is 5.91 Å². The highest BCUT2D eigenvalue weighted by molar-refractivity contribution is 5.82. The molecule has 1 aliphatic heterocycles. The monoisotopic (exact) mass is 338 g/mol. The molecule has 1 aliphatic carbocycles. The zero-order valence-electron chi connectivity index (χ0n) is 14.6. The third-order valence-electron chi connectivity index (χ3n) is 5.45. The van der Waals surface area contributed by atoms with Crippen molar-refractivity contribution in [2.75, 3.05) is 19.6 Å². The molecule has 0 radical (unpaired) electrons. The Labute approximate surface area is 149 Å². The highest BCUT2D eigenvalue weighted by Gasteiger charge is 2.45. The highest BCUT2D eigenvalue weighted by atomic mass is 16.3. The number of nitrogens with zero attached hydrogens (tertiary/aromatic N) is 1. The van der Waals surface area contributed by atoms with E-state index in [1.165, 1.54) is 18.4 Å². The average molecular weight is 338 g/mol. The van der Waals surface area contributed by atoms with Crippen LogP contribution in [-0.2, 0) is 11.3 Å². The lowest BCUT2D eigenvalue weighted by Gasteiger charge is -2.32. The number of piperidine rings is 1. The van der Waals surface area contributed by atoms with Crippen molar-refractivity contribution in [2.45, 2.75) is 31.7 Å². The lowest BCUT2D eigenvalue weighted by Crippen LogP contribution is -2.41. The summed E-state index contributed by atoms with van der Waals surface area (Å²) in [5.41, 5.74) is 1.37. The Bertz CT molecular complexity index is 683. The van der Waals surface area contributed by atoms with Crippen molar-refractivity contribution < 1.29 is 9.21 Å². The molecule has 4 nitrogen and oxygen atoms in total. The second-order valence-corrected chi connectivity index (χ2v) is 7.44. The van der Waals surface area contributed by atoms with Gasteiger partial charge in [0.05, 0.1) is 6.26 Å². The fourth-order valence-corrected chi connectivity index (χ4v) is 3.98. The van der Waals surface area contributed by atoms with Gasteiger partial charge in [-0.05, 0) is 49.4 Å². The van der Waals surface area contributed by atoms with Crippen LogP contribution in [0.1, 0.15) is 36.5 Å². The molecule has 1 aromatic heterocycles. The smallest absolute Gasteiger partial charge is 0.223 e. The van der Waals surface area contributed by atoms with E-state index in [0.29, 0.717) is 5.92 Å². The molecule has 2 aliphatic rings. The Morgan fingerprint density at radius 2 is 2.08 bits per heavy atom. The van der Waals surface area contributed by atoms with Crippen LogP contribution in [0.4, 0.5) is 0 Å². The summed E-state index contributed by atoms with van der Waals surface area (Å²) in [6.45, 7) is 4.03. The molecule has 2 fully saturated rings. The summed E-state index contributed by atoms with van der Waals surface area (Å²) in [7, 11) is 0. The summed E-state index contributed by atoms with van der Waals surface area (Å²) in [5, 5.41) is 3.18. The third kappa shape index (κ3) is 4.13. The Kier molecular flexibility index (Phi) is 4.88. The standard InChI is InChI=1S/C21H26N2O2/c24-21(19-12-18(19)20-9-5-11-25-20)22-13-17-8-4-10-23(15-17)14-16-6-2-1-3-7-16/h1-3,5-7,9,11,17-19H,4,8,10,12-15H2,(H,22,24)/t17-,18+,19+/m0/s1. The Balaban J connectivity index is 1.22. The zero-order valence-corrected chi connectivity index (χ0v) is 14.6. The average Bonchev–Trinajstić information content (AvgIpc) is 3.26. The number of amides is 1. The normalized spacial score (nSPS) is 26.3. The summed E-state index contributed by atoms with van der Waals surface area (Å²) in [5.74, 6) is 2.10. The van der Waals surface area contributed by atoms with Crippen LogP contribution in [0.2, 0.25) is 0 Å². The van der Waals surface area contributed by atoms with Crippen molar-refractivity contribution in [2.24, 2.45) is 11.8 Å². The molecule has 1 N–H and O–H groups in total. The van der Waals surface area contributed by atoms with E-state index in [1.807, 2.05) is 12.1 Å². The van der Waals surface area contributed by atoms with E-state index >= 15 is 0 Å². The summed E-state index contributed by atoms with van der Waals surface area (Å²) in [6, 6.07) is 14.5. The van der Waals surface area contributed by atoms with Gasteiger partial charge < -0.3 is 9.73 Å². The topological polar surface area (TPSA) is 45.5 Å². The van der Waals surface area contributed by atoms with Gasteiger partial charge in [0, 0.05) is 31.5 Å². The molecule has 25 heavy (non-hydrogen) atoms. The van der Waals surface area contributed by atoms with Crippen LogP contribution in [0.5, 0.6) is 0 Å². The van der Waals surface area contributed by atoms with Gasteiger partial charge in [-0.2, -0.15) is 0 Å². The van der Waals surface area contributed by atoms with Gasteiger partial charge in [-0.15, -0.1) is 0 Å². The molecule has 0 bridgehead atoms. The van der Waals surface area contributed by atoms with Gasteiger partial charge in [0.1, 0.15) is 5.76 Å². The van der Waals surface area contributed by atoms with E-state index in [0.717, 1.165) is 38.4 Å². The van der Waals surface area contributed by atoms with Crippen LogP contribution in [0.3, 0.4) is 0 Å². The summed E-state index contributed by atoms with van der Waals surface area (Å²) in [6.07, 6.45) is 5.03. The fourth-order valence-electron chi connectivity index (χ4n) is 3.98. The van der Waals surface area contributed by atoms with E-state index in [1.54, 1.807) is 6.26 Å². The van der Waals surface area contributed by atoms with Crippen LogP contribution in [0.25, 0.3) is 0 Å². The number of carbonyl (C=O) groups excluding carboxylic acids is 1. The number of benzene rings is 1. The molecule has 4 rings (SSSR count). The highest BCUT2D eigenvalue weighted by Crippen LogP contribution is 2.47. The minimum Gasteiger partial charge on any atom is -0.469 e. The minimum absolute atomic E-state index is 0.107. The predicted molar refractivity (Wildman–Crippen MR) is 97.0 cm³/mol. The van der Waals surface area contributed by atoms with Gasteiger partial charge >= 0.3 is 0 Å². The number of rotatable bonds is 6. The van der Waals surface area contributed by atoms with Crippen LogP contribution in [0.15, 0.2) is 53.1 Å². The van der Waals surface area contributed by atoms with Crippen molar-refractivity contribution in [3.05, 3.63) is 60.1 Å². The first-order valence-corrected chi connectivity index (χ1v) is 9.37. The molecule has 1 aromatic carbocycles. The number of hydrogen-bond acceptors (Lipinski definition) is 3. The molecule has 4 heteroatoms. The number of carbonyl (C=O) groups is 1. The van der Waals surface area contributed by atoms with Gasteiger partial charge in [-0.3, -0.25) is 9.69 Å². The van der Waals surface area contributed by atoms with Crippen LogP contribution in [-0.4, -0.2) is 30.4 Å². The largest absolute Gasteiger partial charge is 0.469 e. The summed E-state index contributed by atoms with van der Waals surface area (Å²) in [4.78, 5) is 14.9. The van der Waals surface area contributed by atoms with E-state index < -0.39 is 0 Å². The van der Waals surface area contributed by atoms with Crippen molar-refractivity contribution in [3.8, 4) is 0 Å². The van der Waals surface area contributed by atoms with Gasteiger partial charge in [-0.25, -0.2) is 0 Å². The van der Waals surface area contributed by atoms with E-state index in [-0.39, 0.29) is 17.7 Å². The molecule has 0 unspecified atom stereocenters. The number of furan rings is 1. The predicted octanol–water partition coefficient (Wildman–Crippen LogP) is 3.41. The van der Waals surface area contributed by atoms with Crippen LogP contribution in [0, 0.1) is 11.8 Å². The number of likely N-dealkylation sites (tertiary alicyclic amines) is 1. The molecule has 1 saturated carbocycles. The van der Waals surface area contributed by atoms with Crippen molar-refractivity contribution in [1.82, 2.24) is 10.2 Å². The maximum absolute atomic E-state index is 12.4. The molecule has 1 amide bonds. The fraction of sp³-hybridized carbons (Fsp3) is 0.476. The van der Waals surface area contributed by atoms with Gasteiger partial charge in [0.25, 0.3) is 0 Å². The molecule has 0 spiro atoms. The Morgan fingerprint density at radius 3 is 2.88 bits per heavy atom. The first kappa shape index (κ1) is 16.4. The molecule has 2 heterocycles. The Morgan fingerprint density at radius 1 is 1.20 bits per heavy atom. The van der Waals surface area contributed by atoms with E-state index in [4.69, 9.17) is 4.42 Å². The maximum atomic E-state index is 12.4. The molecule has 132 valence electrons. The number of hydrogen-bond donors (Lipinski definition) is 1. The SMILES string of the molecule is O=C(NC[C@@H]1CCCN(Cc2ccccc2)C1)[C@@H]1C[C@H]1c1ccco1. The van der Waals surface area contributed by atoms with Crippen LogP contribution < -0.4 is 5.32 Å². The van der Waals surface area contributed by atoms with Gasteiger partial charge in [0.2, 0.25) is 5.91 Å². The Hall–Kier alpha value is -2.07. The first-order valence-electron chi connectivity index (χ1n) is 9.37. The van der Waals surface area contributed by atoms with Crippen molar-refractivity contribution in [3.63, 3.8) is 0 Å². The zero-order chi connectivity index (χ0) is 17.1. The quantitative estimate of drug-likeness (QED) is 0.878. The van der Waals surface area contributed by atoms with Crippen molar-refractivity contribution in [1.29, 1.82) is 0 Å². The lowest BCUT2D eigenvalue weighted by atomic mass is 9.97. The lowest BCUT2D eigenvalue weighted by molar-refractivity contribution is -0.122. The van der Waals surface area contributed by atoms with E-state index in [9.17, 15) is 4.79 Å². The van der Waals surface area contributed by atoms with Crippen LogP contribution >= 0.6 is 0 Å². The second kappa shape index (κ2) is 7.44. The molecular formula is C21H26N2O2. The molecule has 2 aromatic rings. The molecule has 3 atom stereocenters. The van der Waals surface area contributed by atoms with E-state index in [2.05, 4.69) is 40.5 Å². The molecular weight excluding hydrogens is 312 g/mol. The minimum atomic E-state index is 0.107. The first-order chi connectivity index (χ1) is 12.3. The third-order valence-corrected chi connectivity index (χ3v) is 5.45. The molecule has 1 saturated heterocycles. The second-order valence-electron chi connectivity index (χ2n) is 7.44. The van der Waals surface area contributed by atoms with Gasteiger partial charge in [-0.1, -0.05) is 30.3 Å². The summed E-state index contributed by atoms with van der Waals surface area (Å²) >= 11 is 0. The maximum Gasteiger partial charge on any atom is 0.223 e. The summed E-state index contributed by atoms with van der Waals surface area (Å²) < 4.78 is 5.42. The number of nitrogens with one attached hydrogen (secondary N) is 1. The van der Waals surface area contributed by atoms with Gasteiger partial charge in [0.15, 0.2) is 0 Å².